The number of hydrogen-bond acceptors (Lipinski definition) is 4. The fourth-order valence-corrected chi connectivity index (χ4v) is 1.30. The number of aliphatic carboxylic acids is 1. The molecule has 1 rings (SSSR count). The Morgan fingerprint density at radius 1 is 1.50 bits per heavy atom. The molecule has 0 unspecified atom stereocenters. The predicted molar refractivity (Wildman–Crippen MR) is 53.0 cm³/mol. The number of rotatable bonds is 4. The van der Waals surface area contributed by atoms with Crippen LogP contribution in [0.25, 0.3) is 0 Å². The van der Waals surface area contributed by atoms with Crippen molar-refractivity contribution in [1.82, 2.24) is 4.98 Å². The van der Waals surface area contributed by atoms with E-state index >= 15 is 0 Å². The van der Waals surface area contributed by atoms with Gasteiger partial charge in [-0.3, -0.25) is 9.59 Å². The Kier molecular flexibility index (Phi) is 3.96. The van der Waals surface area contributed by atoms with Crippen LogP contribution in [0.1, 0.15) is 11.3 Å². The minimum absolute atomic E-state index is 0.0533. The van der Waals surface area contributed by atoms with E-state index in [9.17, 15) is 22.8 Å². The van der Waals surface area contributed by atoms with Crippen LogP contribution in [0.4, 0.5) is 13.2 Å². The molecule has 18 heavy (non-hydrogen) atoms. The van der Waals surface area contributed by atoms with Crippen LogP contribution in [0.15, 0.2) is 10.9 Å². The minimum Gasteiger partial charge on any atom is -0.481 e. The summed E-state index contributed by atoms with van der Waals surface area (Å²) >= 11 is 0. The van der Waals surface area contributed by atoms with Gasteiger partial charge in [0, 0.05) is 17.8 Å². The molecule has 0 aromatic carbocycles. The molecule has 1 heterocycles. The zero-order valence-corrected chi connectivity index (χ0v) is 8.87. The van der Waals surface area contributed by atoms with Gasteiger partial charge in [-0.05, 0) is 6.07 Å². The van der Waals surface area contributed by atoms with Gasteiger partial charge in [-0.25, -0.2) is 0 Å². The van der Waals surface area contributed by atoms with Crippen LogP contribution in [0.3, 0.4) is 0 Å². The smallest absolute Gasteiger partial charge is 0.481 e. The molecular weight excluding hydrogens is 257 g/mol. The fraction of sp³-hybridized carbons (Fsp3) is 0.333. The molecule has 1 aromatic heterocycles. The predicted octanol–water partition coefficient (Wildman–Crippen LogP) is 0.359. The lowest BCUT2D eigenvalue weighted by atomic mass is 10.2. The number of hydrogen-bond donors (Lipinski definition) is 3. The van der Waals surface area contributed by atoms with Crippen LogP contribution in [0, 0.1) is 0 Å². The Balaban J connectivity index is 3.20. The number of halogens is 3. The van der Waals surface area contributed by atoms with Crippen LogP contribution in [0.5, 0.6) is 5.75 Å². The summed E-state index contributed by atoms with van der Waals surface area (Å²) in [5.74, 6) is -2.21. The number of nitrogens with two attached hydrogens (primary N) is 1. The van der Waals surface area contributed by atoms with Gasteiger partial charge < -0.3 is 20.6 Å². The van der Waals surface area contributed by atoms with E-state index in [1.807, 2.05) is 4.98 Å². The molecule has 0 bridgehead atoms. The number of aromatic amines is 1. The first kappa shape index (κ1) is 14.0. The molecule has 0 spiro atoms. The quantitative estimate of drug-likeness (QED) is 0.729. The third kappa shape index (κ3) is 3.77. The van der Waals surface area contributed by atoms with E-state index < -0.39 is 30.1 Å². The second-order valence-corrected chi connectivity index (χ2v) is 3.30. The summed E-state index contributed by atoms with van der Waals surface area (Å²) < 4.78 is 39.7. The standard InChI is InChI=1S/C9H9F3N2O4/c10-9(11,12)18-7-4(3-13)1-5(2-6(15)16)14-8(7)17/h1H,2-3,13H2,(H,14,17)(H,15,16). The molecule has 0 radical (unpaired) electrons. The lowest BCUT2D eigenvalue weighted by Gasteiger charge is -2.12. The van der Waals surface area contributed by atoms with Crippen molar-refractivity contribution in [3.63, 3.8) is 0 Å². The third-order valence-corrected chi connectivity index (χ3v) is 1.90. The van der Waals surface area contributed by atoms with Crippen molar-refractivity contribution in [2.75, 3.05) is 0 Å². The van der Waals surface area contributed by atoms with Gasteiger partial charge in [0.1, 0.15) is 0 Å². The summed E-state index contributed by atoms with van der Waals surface area (Å²) in [5.41, 5.74) is 3.75. The molecule has 0 amide bonds. The molecule has 6 nitrogen and oxygen atoms in total. The molecule has 9 heteroatoms. The molecule has 1 aromatic rings. The monoisotopic (exact) mass is 266 g/mol. The van der Waals surface area contributed by atoms with Crippen molar-refractivity contribution in [3.05, 3.63) is 27.7 Å². The van der Waals surface area contributed by atoms with E-state index in [1.54, 1.807) is 0 Å². The Morgan fingerprint density at radius 3 is 2.56 bits per heavy atom. The first-order valence-corrected chi connectivity index (χ1v) is 4.65. The molecule has 4 N–H and O–H groups in total. The molecule has 0 fully saturated rings. The van der Waals surface area contributed by atoms with E-state index in [0.29, 0.717) is 0 Å². The van der Waals surface area contributed by atoms with E-state index in [-0.39, 0.29) is 17.8 Å². The normalized spacial score (nSPS) is 11.3. The number of nitrogens with one attached hydrogen (secondary N) is 1. The zero-order chi connectivity index (χ0) is 13.9. The highest BCUT2D eigenvalue weighted by atomic mass is 19.4. The lowest BCUT2D eigenvalue weighted by Crippen LogP contribution is -2.26. The van der Waals surface area contributed by atoms with E-state index in [0.717, 1.165) is 6.07 Å². The van der Waals surface area contributed by atoms with Gasteiger partial charge in [-0.2, -0.15) is 0 Å². The summed E-state index contributed by atoms with van der Waals surface area (Å²) in [7, 11) is 0. The minimum atomic E-state index is -5.02. The van der Waals surface area contributed by atoms with Crippen LogP contribution < -0.4 is 16.0 Å². The van der Waals surface area contributed by atoms with Crippen molar-refractivity contribution < 1.29 is 27.8 Å². The van der Waals surface area contributed by atoms with Gasteiger partial charge in [0.15, 0.2) is 5.75 Å². The number of carboxylic acid groups (broad SMARTS) is 1. The number of ether oxygens (including phenoxy) is 1. The second kappa shape index (κ2) is 5.08. The number of alkyl halides is 3. The average Bonchev–Trinajstić information content (AvgIpc) is 2.19. The highest BCUT2D eigenvalue weighted by molar-refractivity contribution is 5.69. The summed E-state index contributed by atoms with van der Waals surface area (Å²) in [6.07, 6.45) is -5.56. The zero-order valence-electron chi connectivity index (χ0n) is 8.87. The molecule has 0 aliphatic carbocycles. The number of carboxylic acids is 1. The summed E-state index contributed by atoms with van der Waals surface area (Å²) in [5, 5.41) is 8.51. The molecule has 0 atom stereocenters. The van der Waals surface area contributed by atoms with Gasteiger partial charge in [0.05, 0.1) is 6.42 Å². The van der Waals surface area contributed by atoms with Crippen molar-refractivity contribution in [1.29, 1.82) is 0 Å². The van der Waals surface area contributed by atoms with Crippen molar-refractivity contribution >= 4 is 5.97 Å². The van der Waals surface area contributed by atoms with Crippen molar-refractivity contribution in [3.8, 4) is 5.75 Å². The first-order valence-electron chi connectivity index (χ1n) is 4.65. The molecular formula is C9H9F3N2O4. The van der Waals surface area contributed by atoms with Crippen molar-refractivity contribution in [2.24, 2.45) is 5.73 Å². The first-order chi connectivity index (χ1) is 8.23. The SMILES string of the molecule is NCc1cc(CC(=O)O)[nH]c(=O)c1OC(F)(F)F. The van der Waals surface area contributed by atoms with Crippen LogP contribution in [0.2, 0.25) is 0 Å². The number of carbonyl (C=O) groups is 1. The van der Waals surface area contributed by atoms with Gasteiger partial charge in [0.2, 0.25) is 0 Å². The van der Waals surface area contributed by atoms with Gasteiger partial charge in [-0.15, -0.1) is 13.2 Å². The van der Waals surface area contributed by atoms with Crippen LogP contribution >= 0.6 is 0 Å². The largest absolute Gasteiger partial charge is 0.573 e. The Labute approximate surface area is 98.2 Å². The maximum absolute atomic E-state index is 12.0. The molecule has 100 valence electrons. The second-order valence-electron chi connectivity index (χ2n) is 3.30. The van der Waals surface area contributed by atoms with Gasteiger partial charge in [-0.1, -0.05) is 0 Å². The van der Waals surface area contributed by atoms with E-state index in [2.05, 4.69) is 4.74 Å². The summed E-state index contributed by atoms with van der Waals surface area (Å²) in [4.78, 5) is 23.8. The number of pyridine rings is 1. The van der Waals surface area contributed by atoms with Gasteiger partial charge in [0.25, 0.3) is 5.56 Å². The van der Waals surface area contributed by atoms with Crippen LogP contribution in [-0.2, 0) is 17.8 Å². The van der Waals surface area contributed by atoms with E-state index in [4.69, 9.17) is 10.8 Å². The topological polar surface area (TPSA) is 105 Å². The van der Waals surface area contributed by atoms with Gasteiger partial charge >= 0.3 is 12.3 Å². The highest BCUT2D eigenvalue weighted by Gasteiger charge is 2.33. The summed E-state index contributed by atoms with van der Waals surface area (Å²) in [6.45, 7) is -0.387. The molecule has 0 saturated heterocycles. The maximum atomic E-state index is 12.0. The maximum Gasteiger partial charge on any atom is 0.573 e. The summed E-state index contributed by atoms with van der Waals surface area (Å²) in [6, 6.07) is 1.05. The Morgan fingerprint density at radius 2 is 2.11 bits per heavy atom. The number of H-pyrrole nitrogens is 1. The molecule has 0 saturated carbocycles. The molecule has 0 aliphatic rings. The Bertz CT molecular complexity index is 510. The lowest BCUT2D eigenvalue weighted by molar-refractivity contribution is -0.275. The average molecular weight is 266 g/mol. The van der Waals surface area contributed by atoms with Crippen LogP contribution in [-0.4, -0.2) is 22.4 Å². The number of aromatic nitrogens is 1. The van der Waals surface area contributed by atoms with E-state index in [1.165, 1.54) is 0 Å². The van der Waals surface area contributed by atoms with Crippen molar-refractivity contribution in [2.45, 2.75) is 19.3 Å². The molecule has 0 aliphatic heterocycles. The third-order valence-electron chi connectivity index (χ3n) is 1.90. The Hall–Kier alpha value is -2.03. The fourth-order valence-electron chi connectivity index (χ4n) is 1.30. The highest BCUT2D eigenvalue weighted by Crippen LogP contribution is 2.23.